The molecule has 2 aliphatic rings. The van der Waals surface area contributed by atoms with Gasteiger partial charge in [0.25, 0.3) is 5.91 Å². The van der Waals surface area contributed by atoms with E-state index >= 15 is 0 Å². The molecular formula is C19H16N4O4. The van der Waals surface area contributed by atoms with Gasteiger partial charge in [-0.1, -0.05) is 29.4 Å². The molecule has 136 valence electrons. The van der Waals surface area contributed by atoms with E-state index in [9.17, 15) is 9.59 Å². The number of nitrogens with one attached hydrogen (secondary N) is 1. The summed E-state index contributed by atoms with van der Waals surface area (Å²) in [6.07, 6.45) is 3.82. The molecular weight excluding hydrogens is 348 g/mol. The summed E-state index contributed by atoms with van der Waals surface area (Å²) in [6.45, 7) is -0.0811. The number of rotatable bonds is 3. The Hall–Kier alpha value is -3.42. The van der Waals surface area contributed by atoms with Crippen LogP contribution in [0.3, 0.4) is 0 Å². The summed E-state index contributed by atoms with van der Waals surface area (Å²) in [5.41, 5.74) is 0.964. The zero-order valence-electron chi connectivity index (χ0n) is 14.3. The van der Waals surface area contributed by atoms with Gasteiger partial charge < -0.3 is 14.3 Å². The molecule has 1 N–H and O–H groups in total. The maximum atomic E-state index is 13.2. The van der Waals surface area contributed by atoms with Crippen molar-refractivity contribution in [2.24, 2.45) is 0 Å². The largest absolute Gasteiger partial charge is 0.461 e. The monoisotopic (exact) mass is 364 g/mol. The molecule has 8 nitrogen and oxygen atoms in total. The van der Waals surface area contributed by atoms with Gasteiger partial charge in [-0.3, -0.25) is 9.69 Å². The number of aromatic nitrogens is 2. The Morgan fingerprint density at radius 2 is 2.07 bits per heavy atom. The molecule has 5 rings (SSSR count). The van der Waals surface area contributed by atoms with E-state index in [1.807, 2.05) is 24.3 Å². The van der Waals surface area contributed by atoms with Gasteiger partial charge in [-0.25, -0.2) is 4.79 Å². The first-order valence-electron chi connectivity index (χ1n) is 8.76. The Labute approximate surface area is 154 Å². The SMILES string of the molecule is O=C1N[C@@]2(CCCc3ccccc32)C(=O)N1Cc1nc(-c2ccco2)no1. The predicted molar refractivity (Wildman–Crippen MR) is 92.1 cm³/mol. The molecule has 0 bridgehead atoms. The van der Waals surface area contributed by atoms with Crippen LogP contribution in [-0.4, -0.2) is 27.0 Å². The van der Waals surface area contributed by atoms with Crippen LogP contribution in [0.25, 0.3) is 11.6 Å². The number of benzene rings is 1. The maximum absolute atomic E-state index is 13.2. The summed E-state index contributed by atoms with van der Waals surface area (Å²) in [6, 6.07) is 10.7. The summed E-state index contributed by atoms with van der Waals surface area (Å²) in [5, 5.41) is 6.75. The van der Waals surface area contributed by atoms with E-state index in [-0.39, 0.29) is 24.2 Å². The average molecular weight is 364 g/mol. The lowest BCUT2D eigenvalue weighted by Gasteiger charge is -2.33. The molecule has 1 atom stereocenters. The van der Waals surface area contributed by atoms with Crippen molar-refractivity contribution in [2.45, 2.75) is 31.3 Å². The third-order valence-corrected chi connectivity index (χ3v) is 5.15. The Bertz CT molecular complexity index is 1030. The molecule has 3 aromatic rings. The first-order chi connectivity index (χ1) is 13.2. The fraction of sp³-hybridized carbons (Fsp3) is 0.263. The number of furan rings is 1. The highest BCUT2D eigenvalue weighted by Gasteiger charge is 2.54. The van der Waals surface area contributed by atoms with Crippen molar-refractivity contribution in [3.8, 4) is 11.6 Å². The van der Waals surface area contributed by atoms with Crippen molar-refractivity contribution in [1.29, 1.82) is 0 Å². The molecule has 8 heteroatoms. The molecule has 1 aliphatic carbocycles. The van der Waals surface area contributed by atoms with E-state index in [1.54, 1.807) is 12.1 Å². The number of nitrogens with zero attached hydrogens (tertiary/aromatic N) is 3. The number of amides is 3. The number of carbonyl (C=O) groups is 2. The minimum atomic E-state index is -1.00. The van der Waals surface area contributed by atoms with E-state index < -0.39 is 11.6 Å². The highest BCUT2D eigenvalue weighted by Crippen LogP contribution is 2.40. The number of imide groups is 1. The fourth-order valence-corrected chi connectivity index (χ4v) is 3.92. The molecule has 3 heterocycles. The van der Waals surface area contributed by atoms with E-state index in [2.05, 4.69) is 15.5 Å². The van der Waals surface area contributed by atoms with Crippen LogP contribution in [0.2, 0.25) is 0 Å². The van der Waals surface area contributed by atoms with Gasteiger partial charge in [0.2, 0.25) is 11.7 Å². The quantitative estimate of drug-likeness (QED) is 0.717. The Morgan fingerprint density at radius 3 is 2.93 bits per heavy atom. The second-order valence-corrected chi connectivity index (χ2v) is 6.73. The van der Waals surface area contributed by atoms with Crippen LogP contribution >= 0.6 is 0 Å². The fourth-order valence-electron chi connectivity index (χ4n) is 3.92. The first-order valence-corrected chi connectivity index (χ1v) is 8.76. The minimum Gasteiger partial charge on any atom is -0.461 e. The van der Waals surface area contributed by atoms with Gasteiger partial charge in [0.05, 0.1) is 6.26 Å². The third kappa shape index (κ3) is 2.37. The van der Waals surface area contributed by atoms with E-state index in [4.69, 9.17) is 8.94 Å². The standard InChI is InChI=1S/C19H16N4O4/c24-17-19(9-3-6-12-5-1-2-7-13(12)19)21-18(25)23(17)11-15-20-16(22-27-15)14-8-4-10-26-14/h1-2,4-5,7-8,10H,3,6,9,11H2,(H,21,25)/t19-/m1/s1. The number of urea groups is 1. The molecule has 0 unspecified atom stereocenters. The average Bonchev–Trinajstić information content (AvgIpc) is 3.40. The Balaban J connectivity index is 1.44. The van der Waals surface area contributed by atoms with Crippen molar-refractivity contribution in [1.82, 2.24) is 20.4 Å². The number of aryl methyl sites for hydroxylation is 1. The molecule has 0 radical (unpaired) electrons. The summed E-state index contributed by atoms with van der Waals surface area (Å²) in [7, 11) is 0. The van der Waals surface area contributed by atoms with Gasteiger partial charge in [0, 0.05) is 0 Å². The molecule has 2 aromatic heterocycles. The van der Waals surface area contributed by atoms with Crippen LogP contribution in [0.5, 0.6) is 0 Å². The lowest BCUT2D eigenvalue weighted by molar-refractivity contribution is -0.132. The van der Waals surface area contributed by atoms with Crippen molar-refractivity contribution >= 4 is 11.9 Å². The molecule has 1 fully saturated rings. The molecule has 1 saturated heterocycles. The van der Waals surface area contributed by atoms with Crippen LogP contribution in [0.4, 0.5) is 4.79 Å². The van der Waals surface area contributed by atoms with Crippen molar-refractivity contribution in [3.63, 3.8) is 0 Å². The number of fused-ring (bicyclic) bond motifs is 2. The number of hydrogen-bond acceptors (Lipinski definition) is 6. The Kier molecular flexibility index (Phi) is 3.40. The predicted octanol–water partition coefficient (Wildman–Crippen LogP) is 2.61. The van der Waals surface area contributed by atoms with Crippen LogP contribution in [0, 0.1) is 0 Å². The lowest BCUT2D eigenvalue weighted by Crippen LogP contribution is -2.46. The summed E-state index contributed by atoms with van der Waals surface area (Å²) < 4.78 is 10.4. The molecule has 27 heavy (non-hydrogen) atoms. The zero-order valence-corrected chi connectivity index (χ0v) is 14.3. The van der Waals surface area contributed by atoms with Gasteiger partial charge in [0.15, 0.2) is 5.76 Å². The molecule has 1 aliphatic heterocycles. The highest BCUT2D eigenvalue weighted by molar-refractivity contribution is 6.07. The van der Waals surface area contributed by atoms with Gasteiger partial charge in [0.1, 0.15) is 12.1 Å². The van der Waals surface area contributed by atoms with E-state index in [0.29, 0.717) is 12.2 Å². The lowest BCUT2D eigenvalue weighted by atomic mass is 9.76. The van der Waals surface area contributed by atoms with Crippen LogP contribution in [0.1, 0.15) is 29.9 Å². The smallest absolute Gasteiger partial charge is 0.325 e. The maximum Gasteiger partial charge on any atom is 0.325 e. The normalized spacial score (nSPS) is 21.6. The van der Waals surface area contributed by atoms with Crippen molar-refractivity contribution in [2.75, 3.05) is 0 Å². The molecule has 1 aromatic carbocycles. The topological polar surface area (TPSA) is 101 Å². The molecule has 0 saturated carbocycles. The third-order valence-electron chi connectivity index (χ3n) is 5.15. The number of carbonyl (C=O) groups excluding carboxylic acids is 2. The van der Waals surface area contributed by atoms with Crippen LogP contribution in [0.15, 0.2) is 51.6 Å². The second-order valence-electron chi connectivity index (χ2n) is 6.73. The van der Waals surface area contributed by atoms with Crippen LogP contribution < -0.4 is 5.32 Å². The minimum absolute atomic E-state index is 0.0811. The van der Waals surface area contributed by atoms with Gasteiger partial charge in [-0.05, 0) is 42.5 Å². The van der Waals surface area contributed by atoms with Crippen molar-refractivity contribution < 1.29 is 18.5 Å². The molecule has 1 spiro atoms. The van der Waals surface area contributed by atoms with Gasteiger partial charge in [-0.15, -0.1) is 0 Å². The van der Waals surface area contributed by atoms with Gasteiger partial charge >= 0.3 is 6.03 Å². The van der Waals surface area contributed by atoms with Gasteiger partial charge in [-0.2, -0.15) is 4.98 Å². The number of hydrogen-bond donors (Lipinski definition) is 1. The summed E-state index contributed by atoms with van der Waals surface area (Å²) in [5.74, 6) is 0.628. The second kappa shape index (κ2) is 5.80. The van der Waals surface area contributed by atoms with Crippen LogP contribution in [-0.2, 0) is 23.3 Å². The first kappa shape index (κ1) is 15.8. The highest BCUT2D eigenvalue weighted by atomic mass is 16.5. The summed E-state index contributed by atoms with van der Waals surface area (Å²) >= 11 is 0. The zero-order chi connectivity index (χ0) is 18.4. The van der Waals surface area contributed by atoms with E-state index in [0.717, 1.165) is 28.9 Å². The molecule has 3 amide bonds. The Morgan fingerprint density at radius 1 is 1.19 bits per heavy atom. The summed E-state index contributed by atoms with van der Waals surface area (Å²) in [4.78, 5) is 31.2. The van der Waals surface area contributed by atoms with Crippen molar-refractivity contribution in [3.05, 3.63) is 59.7 Å². The van der Waals surface area contributed by atoms with E-state index in [1.165, 1.54) is 6.26 Å².